The number of rotatable bonds is 3. The van der Waals surface area contributed by atoms with Crippen LogP contribution in [0.1, 0.15) is 12.8 Å². The Labute approximate surface area is 146 Å². The predicted octanol–water partition coefficient (Wildman–Crippen LogP) is 0.960. The summed E-state index contributed by atoms with van der Waals surface area (Å²) in [6, 6.07) is 1.86. The Bertz CT molecular complexity index is 892. The number of aromatic amines is 1. The number of thioether (sulfide) groups is 1. The molecule has 0 aromatic carbocycles. The molecule has 0 aliphatic carbocycles. The van der Waals surface area contributed by atoms with Gasteiger partial charge in [0.25, 0.3) is 11.8 Å². The van der Waals surface area contributed by atoms with Crippen molar-refractivity contribution < 1.29 is 19.2 Å². The maximum absolute atomic E-state index is 12.3. The van der Waals surface area contributed by atoms with Gasteiger partial charge in [-0.2, -0.15) is 0 Å². The minimum atomic E-state index is -0.724. The minimum Gasteiger partial charge on any atom is -0.346 e. The SMILES string of the molecule is O=C(ON1C(=O)CCC1=O)C1=CN(c2ncnc3[nH]ccc23)CCS1. The normalized spacial score (nSPS) is 18.0. The molecule has 0 saturated carbocycles. The Morgan fingerprint density at radius 1 is 1.24 bits per heavy atom. The number of carbonyl (C=O) groups is 3. The topological polar surface area (TPSA) is 108 Å². The number of anilines is 1. The molecule has 0 spiro atoms. The molecule has 1 fully saturated rings. The quantitative estimate of drug-likeness (QED) is 0.807. The lowest BCUT2D eigenvalue weighted by atomic mass is 10.3. The van der Waals surface area contributed by atoms with Crippen molar-refractivity contribution >= 4 is 46.4 Å². The number of carbonyl (C=O) groups excluding carboxylic acids is 3. The Balaban J connectivity index is 1.58. The van der Waals surface area contributed by atoms with Crippen LogP contribution in [0, 0.1) is 0 Å². The summed E-state index contributed by atoms with van der Waals surface area (Å²) >= 11 is 1.31. The molecule has 4 rings (SSSR count). The monoisotopic (exact) mass is 359 g/mol. The molecule has 128 valence electrons. The molecule has 0 unspecified atom stereocenters. The van der Waals surface area contributed by atoms with Gasteiger partial charge in [0.05, 0.1) is 5.39 Å². The number of nitrogens with zero attached hydrogens (tertiary/aromatic N) is 4. The highest BCUT2D eigenvalue weighted by atomic mass is 32.2. The molecule has 9 nitrogen and oxygen atoms in total. The van der Waals surface area contributed by atoms with E-state index in [1.54, 1.807) is 12.4 Å². The third-order valence-electron chi connectivity index (χ3n) is 3.85. The summed E-state index contributed by atoms with van der Waals surface area (Å²) in [5, 5.41) is 1.39. The van der Waals surface area contributed by atoms with Crippen molar-refractivity contribution in [3.8, 4) is 0 Å². The van der Waals surface area contributed by atoms with Crippen LogP contribution in [-0.4, -0.2) is 50.1 Å². The summed E-state index contributed by atoms with van der Waals surface area (Å²) in [5.41, 5.74) is 0.703. The molecule has 0 atom stereocenters. The molecule has 0 bridgehead atoms. The van der Waals surface area contributed by atoms with Gasteiger partial charge >= 0.3 is 5.97 Å². The molecular formula is C15H13N5O4S. The van der Waals surface area contributed by atoms with E-state index in [2.05, 4.69) is 15.0 Å². The van der Waals surface area contributed by atoms with E-state index in [-0.39, 0.29) is 12.8 Å². The lowest BCUT2D eigenvalue weighted by molar-refractivity contribution is -0.193. The molecule has 2 amide bonds. The zero-order valence-electron chi connectivity index (χ0n) is 13.0. The van der Waals surface area contributed by atoms with Crippen LogP contribution in [0.5, 0.6) is 0 Å². The van der Waals surface area contributed by atoms with Gasteiger partial charge in [0.15, 0.2) is 0 Å². The van der Waals surface area contributed by atoms with Gasteiger partial charge in [0.1, 0.15) is 22.7 Å². The highest BCUT2D eigenvalue weighted by Gasteiger charge is 2.34. The van der Waals surface area contributed by atoms with Gasteiger partial charge in [-0.15, -0.1) is 16.8 Å². The van der Waals surface area contributed by atoms with Crippen LogP contribution < -0.4 is 4.90 Å². The fourth-order valence-electron chi connectivity index (χ4n) is 2.65. The number of fused-ring (bicyclic) bond motifs is 1. The number of hydroxylamine groups is 2. The average Bonchev–Trinajstić information content (AvgIpc) is 3.23. The highest BCUT2D eigenvalue weighted by molar-refractivity contribution is 8.04. The fraction of sp³-hybridized carbons (Fsp3) is 0.267. The molecule has 0 radical (unpaired) electrons. The number of amides is 2. The van der Waals surface area contributed by atoms with Crippen molar-refractivity contribution in [2.24, 2.45) is 0 Å². The highest BCUT2D eigenvalue weighted by Crippen LogP contribution is 2.30. The van der Waals surface area contributed by atoms with Gasteiger partial charge in [-0.25, -0.2) is 14.8 Å². The molecule has 2 aromatic heterocycles. The third-order valence-corrected chi connectivity index (χ3v) is 4.82. The van der Waals surface area contributed by atoms with Crippen molar-refractivity contribution in [3.63, 3.8) is 0 Å². The number of imide groups is 1. The van der Waals surface area contributed by atoms with E-state index >= 15 is 0 Å². The first-order chi connectivity index (χ1) is 12.1. The third kappa shape index (κ3) is 2.84. The van der Waals surface area contributed by atoms with Crippen molar-refractivity contribution in [1.29, 1.82) is 0 Å². The van der Waals surface area contributed by atoms with Crippen LogP contribution in [0.25, 0.3) is 11.0 Å². The summed E-state index contributed by atoms with van der Waals surface area (Å²) in [7, 11) is 0. The van der Waals surface area contributed by atoms with Gasteiger partial charge in [-0.3, -0.25) is 9.59 Å². The molecule has 1 N–H and O–H groups in total. The standard InChI is InChI=1S/C15H13N5O4S/c21-11-1-2-12(22)20(11)24-15(23)10-7-19(5-6-25-10)14-9-3-4-16-13(9)17-8-18-14/h3-4,7-8H,1-2,5-6H2,(H,16,17,18). The maximum Gasteiger partial charge on any atom is 0.371 e. The Morgan fingerprint density at radius 2 is 2.04 bits per heavy atom. The second-order valence-electron chi connectivity index (χ2n) is 5.43. The molecule has 2 aliphatic heterocycles. The smallest absolute Gasteiger partial charge is 0.346 e. The number of aromatic nitrogens is 3. The Hall–Kier alpha value is -2.88. The van der Waals surface area contributed by atoms with E-state index in [0.717, 1.165) is 5.39 Å². The van der Waals surface area contributed by atoms with E-state index in [0.29, 0.717) is 33.7 Å². The summed E-state index contributed by atoms with van der Waals surface area (Å²) in [4.78, 5) is 54.0. The molecule has 2 aliphatic rings. The van der Waals surface area contributed by atoms with E-state index in [4.69, 9.17) is 4.84 Å². The summed E-state index contributed by atoms with van der Waals surface area (Å²) in [6.07, 6.45) is 4.97. The first-order valence-corrected chi connectivity index (χ1v) is 8.59. The van der Waals surface area contributed by atoms with Gasteiger partial charge < -0.3 is 14.7 Å². The Morgan fingerprint density at radius 3 is 2.84 bits per heavy atom. The molecule has 10 heteroatoms. The fourth-order valence-corrected chi connectivity index (χ4v) is 3.51. The largest absolute Gasteiger partial charge is 0.371 e. The van der Waals surface area contributed by atoms with E-state index < -0.39 is 17.8 Å². The van der Waals surface area contributed by atoms with Crippen molar-refractivity contribution in [2.75, 3.05) is 17.2 Å². The number of H-pyrrole nitrogens is 1. The minimum absolute atomic E-state index is 0.0663. The van der Waals surface area contributed by atoms with Crippen LogP contribution in [0.15, 0.2) is 29.7 Å². The molecule has 4 heterocycles. The summed E-state index contributed by atoms with van der Waals surface area (Å²) < 4.78 is 0. The first kappa shape index (κ1) is 15.6. The van der Waals surface area contributed by atoms with Crippen molar-refractivity contribution in [2.45, 2.75) is 12.8 Å². The average molecular weight is 359 g/mol. The predicted molar refractivity (Wildman–Crippen MR) is 89.0 cm³/mol. The van der Waals surface area contributed by atoms with Crippen molar-refractivity contribution in [1.82, 2.24) is 20.0 Å². The molecule has 2 aromatic rings. The lowest BCUT2D eigenvalue weighted by Gasteiger charge is -2.25. The van der Waals surface area contributed by atoms with E-state index in [1.165, 1.54) is 18.1 Å². The molecule has 1 saturated heterocycles. The van der Waals surface area contributed by atoms with Crippen molar-refractivity contribution in [3.05, 3.63) is 29.7 Å². The molecular weight excluding hydrogens is 346 g/mol. The number of hydrogen-bond acceptors (Lipinski definition) is 8. The lowest BCUT2D eigenvalue weighted by Crippen LogP contribution is -2.34. The van der Waals surface area contributed by atoms with Gasteiger partial charge in [-0.05, 0) is 6.07 Å². The van der Waals surface area contributed by atoms with Crippen LogP contribution >= 0.6 is 11.8 Å². The van der Waals surface area contributed by atoms with Crippen LogP contribution in [0.4, 0.5) is 5.82 Å². The summed E-state index contributed by atoms with van der Waals surface area (Å²) in [6.45, 7) is 0.653. The zero-order valence-corrected chi connectivity index (χ0v) is 13.8. The van der Waals surface area contributed by atoms with E-state index in [9.17, 15) is 14.4 Å². The van der Waals surface area contributed by atoms with Gasteiger partial charge in [0.2, 0.25) is 0 Å². The molecule has 25 heavy (non-hydrogen) atoms. The van der Waals surface area contributed by atoms with Gasteiger partial charge in [-0.1, -0.05) is 0 Å². The number of hydrogen-bond donors (Lipinski definition) is 1. The first-order valence-electron chi connectivity index (χ1n) is 7.61. The second-order valence-corrected chi connectivity index (χ2v) is 6.57. The Kier molecular flexibility index (Phi) is 3.88. The summed E-state index contributed by atoms with van der Waals surface area (Å²) in [5.74, 6) is -0.413. The van der Waals surface area contributed by atoms with E-state index in [1.807, 2.05) is 11.0 Å². The van der Waals surface area contributed by atoms with Crippen LogP contribution in [-0.2, 0) is 19.2 Å². The number of nitrogens with one attached hydrogen (secondary N) is 1. The zero-order chi connectivity index (χ0) is 17.4. The van der Waals surface area contributed by atoms with Gasteiger partial charge in [0, 0.05) is 37.5 Å². The maximum atomic E-state index is 12.3. The van der Waals surface area contributed by atoms with Crippen LogP contribution in [0.3, 0.4) is 0 Å². The second kappa shape index (κ2) is 6.20. The van der Waals surface area contributed by atoms with Crippen LogP contribution in [0.2, 0.25) is 0 Å².